The van der Waals surface area contributed by atoms with Gasteiger partial charge in [-0.3, -0.25) is 9.69 Å². The van der Waals surface area contributed by atoms with E-state index in [4.69, 9.17) is 4.98 Å². The number of rotatable bonds is 5. The summed E-state index contributed by atoms with van der Waals surface area (Å²) in [5.41, 5.74) is 3.51. The molecule has 28 heavy (non-hydrogen) atoms. The zero-order chi connectivity index (χ0) is 19.5. The number of aromatic nitrogens is 2. The molecule has 1 saturated heterocycles. The van der Waals surface area contributed by atoms with E-state index in [-0.39, 0.29) is 11.6 Å². The first kappa shape index (κ1) is 18.9. The van der Waals surface area contributed by atoms with Crippen LogP contribution in [0.15, 0.2) is 53.3 Å². The largest absolute Gasteiger partial charge is 0.309 e. The summed E-state index contributed by atoms with van der Waals surface area (Å²) >= 11 is 0. The Bertz CT molecular complexity index is 985. The monoisotopic (exact) mass is 375 g/mol. The molecule has 4 heteroatoms. The lowest BCUT2D eigenvalue weighted by molar-refractivity contribution is 0.133. The fourth-order valence-electron chi connectivity index (χ4n) is 4.23. The number of piperidine rings is 1. The topological polar surface area (TPSA) is 49.0 Å². The highest BCUT2D eigenvalue weighted by Gasteiger charge is 2.25. The van der Waals surface area contributed by atoms with E-state index in [9.17, 15) is 4.79 Å². The Hall–Kier alpha value is -2.46. The number of likely N-dealkylation sites (tertiary alicyclic amines) is 1. The lowest BCUT2D eigenvalue weighted by atomic mass is 9.90. The van der Waals surface area contributed by atoms with Crippen molar-refractivity contribution in [2.45, 2.75) is 45.6 Å². The molecule has 0 spiro atoms. The van der Waals surface area contributed by atoms with Crippen molar-refractivity contribution >= 4 is 10.9 Å². The fraction of sp³-hybridized carbons (Fsp3) is 0.417. The van der Waals surface area contributed by atoms with Crippen LogP contribution in [0.1, 0.15) is 49.2 Å². The molecule has 0 amide bonds. The molecular formula is C24H29N3O. The molecule has 2 heterocycles. The van der Waals surface area contributed by atoms with Gasteiger partial charge in [-0.05, 0) is 76.2 Å². The molecule has 1 N–H and O–H groups in total. The minimum atomic E-state index is -0.0413. The molecule has 1 aromatic heterocycles. The second kappa shape index (κ2) is 8.27. The summed E-state index contributed by atoms with van der Waals surface area (Å²) in [5.74, 6) is 1.56. The zero-order valence-corrected chi connectivity index (χ0v) is 16.8. The Morgan fingerprint density at radius 3 is 2.57 bits per heavy atom. The maximum Gasteiger partial charge on any atom is 0.258 e. The molecule has 4 rings (SSSR count). The number of aryl methyl sites for hydroxylation is 2. The number of hydrogen-bond donors (Lipinski definition) is 1. The smallest absolute Gasteiger partial charge is 0.258 e. The fourth-order valence-corrected chi connectivity index (χ4v) is 4.23. The molecular weight excluding hydrogens is 346 g/mol. The third-order valence-electron chi connectivity index (χ3n) is 6.19. The molecule has 1 fully saturated rings. The number of benzene rings is 2. The minimum absolute atomic E-state index is 0.0413. The van der Waals surface area contributed by atoms with Gasteiger partial charge in [0.05, 0.1) is 16.9 Å². The van der Waals surface area contributed by atoms with Crippen LogP contribution in [0.2, 0.25) is 0 Å². The quantitative estimate of drug-likeness (QED) is 0.707. The number of para-hydroxylation sites is 1. The average Bonchev–Trinajstić information content (AvgIpc) is 2.73. The van der Waals surface area contributed by atoms with Crippen molar-refractivity contribution < 1.29 is 0 Å². The molecule has 2 aromatic carbocycles. The number of nitrogens with zero attached hydrogens (tertiary/aromatic N) is 2. The van der Waals surface area contributed by atoms with Gasteiger partial charge in [0.2, 0.25) is 0 Å². The van der Waals surface area contributed by atoms with Gasteiger partial charge >= 0.3 is 0 Å². The summed E-state index contributed by atoms with van der Waals surface area (Å²) < 4.78 is 0. The first-order valence-electron chi connectivity index (χ1n) is 10.4. The van der Waals surface area contributed by atoms with Crippen LogP contribution < -0.4 is 5.56 Å². The zero-order valence-electron chi connectivity index (χ0n) is 16.8. The molecule has 3 aromatic rings. The predicted octanol–water partition coefficient (Wildman–Crippen LogP) is 4.64. The standard InChI is InChI=1S/C24H29N3O/c1-17-7-9-19(10-8-17)11-12-20-13-15-27(16-14-20)18(2)23-25-22-6-4-3-5-21(22)24(28)26-23/h3-10,18,20H,11-16H2,1-2H3,(H,25,26,28). The maximum atomic E-state index is 12.4. The van der Waals surface area contributed by atoms with Crippen molar-refractivity contribution in [3.8, 4) is 0 Å². The van der Waals surface area contributed by atoms with Gasteiger partial charge in [-0.2, -0.15) is 0 Å². The lowest BCUT2D eigenvalue weighted by Gasteiger charge is -2.35. The molecule has 1 aliphatic rings. The van der Waals surface area contributed by atoms with Gasteiger partial charge in [0.25, 0.3) is 5.56 Å². The first-order chi connectivity index (χ1) is 13.6. The number of aromatic amines is 1. The maximum absolute atomic E-state index is 12.4. The van der Waals surface area contributed by atoms with Crippen molar-refractivity contribution in [2.75, 3.05) is 13.1 Å². The second-order valence-electron chi connectivity index (χ2n) is 8.15. The molecule has 1 atom stereocenters. The van der Waals surface area contributed by atoms with Crippen LogP contribution >= 0.6 is 0 Å². The van der Waals surface area contributed by atoms with E-state index in [0.29, 0.717) is 5.39 Å². The number of nitrogens with one attached hydrogen (secondary N) is 1. The van der Waals surface area contributed by atoms with E-state index in [1.807, 2.05) is 24.3 Å². The van der Waals surface area contributed by atoms with Crippen molar-refractivity contribution in [1.29, 1.82) is 0 Å². The SMILES string of the molecule is Cc1ccc(CCC2CCN(C(C)c3nc4ccccc4c(=O)[nH]3)CC2)cc1. The molecule has 0 aliphatic carbocycles. The summed E-state index contributed by atoms with van der Waals surface area (Å²) in [7, 11) is 0. The van der Waals surface area contributed by atoms with Crippen LogP contribution in [0, 0.1) is 12.8 Å². The average molecular weight is 376 g/mol. The predicted molar refractivity (Wildman–Crippen MR) is 115 cm³/mol. The van der Waals surface area contributed by atoms with E-state index in [2.05, 4.69) is 48.0 Å². The van der Waals surface area contributed by atoms with Crippen molar-refractivity contribution in [3.05, 3.63) is 75.8 Å². The normalized spacial score (nSPS) is 17.1. The Morgan fingerprint density at radius 1 is 1.11 bits per heavy atom. The van der Waals surface area contributed by atoms with Gasteiger partial charge in [-0.1, -0.05) is 42.0 Å². The van der Waals surface area contributed by atoms with Crippen LogP contribution in [0.25, 0.3) is 10.9 Å². The van der Waals surface area contributed by atoms with Crippen molar-refractivity contribution in [3.63, 3.8) is 0 Å². The third kappa shape index (κ3) is 4.17. The molecule has 0 radical (unpaired) electrons. The number of fused-ring (bicyclic) bond motifs is 1. The van der Waals surface area contributed by atoms with Crippen molar-refractivity contribution in [1.82, 2.24) is 14.9 Å². The lowest BCUT2D eigenvalue weighted by Crippen LogP contribution is -2.37. The van der Waals surface area contributed by atoms with E-state index in [0.717, 1.165) is 30.3 Å². The Balaban J connectivity index is 1.35. The summed E-state index contributed by atoms with van der Waals surface area (Å²) in [6.45, 7) is 6.42. The van der Waals surface area contributed by atoms with Crippen LogP contribution in [-0.4, -0.2) is 28.0 Å². The van der Waals surface area contributed by atoms with E-state index in [1.54, 1.807) is 0 Å². The van der Waals surface area contributed by atoms with Gasteiger partial charge in [0.1, 0.15) is 5.82 Å². The number of H-pyrrole nitrogens is 1. The Labute approximate surface area is 166 Å². The van der Waals surface area contributed by atoms with E-state index < -0.39 is 0 Å². The van der Waals surface area contributed by atoms with Crippen molar-refractivity contribution in [2.24, 2.45) is 5.92 Å². The summed E-state index contributed by atoms with van der Waals surface area (Å²) in [6, 6.07) is 16.6. The second-order valence-corrected chi connectivity index (χ2v) is 8.15. The van der Waals surface area contributed by atoms with E-state index >= 15 is 0 Å². The molecule has 1 unspecified atom stereocenters. The number of hydrogen-bond acceptors (Lipinski definition) is 3. The molecule has 146 valence electrons. The highest BCUT2D eigenvalue weighted by molar-refractivity contribution is 5.77. The van der Waals surface area contributed by atoms with Gasteiger partial charge < -0.3 is 4.98 Å². The highest BCUT2D eigenvalue weighted by atomic mass is 16.1. The van der Waals surface area contributed by atoms with Crippen LogP contribution in [-0.2, 0) is 6.42 Å². The molecule has 1 aliphatic heterocycles. The Morgan fingerprint density at radius 2 is 1.82 bits per heavy atom. The van der Waals surface area contributed by atoms with Gasteiger partial charge in [-0.15, -0.1) is 0 Å². The highest BCUT2D eigenvalue weighted by Crippen LogP contribution is 2.27. The van der Waals surface area contributed by atoms with Crippen LogP contribution in [0.4, 0.5) is 0 Å². The first-order valence-corrected chi connectivity index (χ1v) is 10.4. The van der Waals surface area contributed by atoms with Gasteiger partial charge in [-0.25, -0.2) is 4.98 Å². The molecule has 0 saturated carbocycles. The minimum Gasteiger partial charge on any atom is -0.309 e. The summed E-state index contributed by atoms with van der Waals surface area (Å²) in [6.07, 6.45) is 4.86. The third-order valence-corrected chi connectivity index (χ3v) is 6.19. The Kier molecular flexibility index (Phi) is 5.58. The van der Waals surface area contributed by atoms with Gasteiger partial charge in [0.15, 0.2) is 0 Å². The summed E-state index contributed by atoms with van der Waals surface area (Å²) in [4.78, 5) is 22.5. The summed E-state index contributed by atoms with van der Waals surface area (Å²) in [5, 5.41) is 0.660. The van der Waals surface area contributed by atoms with Crippen LogP contribution in [0.3, 0.4) is 0 Å². The van der Waals surface area contributed by atoms with Gasteiger partial charge in [0, 0.05) is 0 Å². The van der Waals surface area contributed by atoms with E-state index in [1.165, 1.54) is 36.8 Å². The molecule has 4 nitrogen and oxygen atoms in total. The van der Waals surface area contributed by atoms with Crippen LogP contribution in [0.5, 0.6) is 0 Å². The molecule has 0 bridgehead atoms.